The van der Waals surface area contributed by atoms with Crippen LogP contribution in [-0.4, -0.2) is 83.8 Å². The first-order chi connectivity index (χ1) is 19.4. The number of rotatable bonds is 9. The van der Waals surface area contributed by atoms with Gasteiger partial charge in [-0.3, -0.25) is 34.2 Å². The van der Waals surface area contributed by atoms with Gasteiger partial charge in [-0.2, -0.15) is 0 Å². The van der Waals surface area contributed by atoms with Crippen LogP contribution in [0, 0.1) is 11.3 Å². The normalized spacial score (nSPS) is 22.7. The highest BCUT2D eigenvalue weighted by atomic mass is 16.4. The molecule has 0 spiro atoms. The van der Waals surface area contributed by atoms with Crippen LogP contribution in [-0.2, 0) is 35.2 Å². The molecule has 0 aromatic heterocycles. The third-order valence-corrected chi connectivity index (χ3v) is 6.23. The Kier molecular flexibility index (Phi) is 12.5. The Bertz CT molecular complexity index is 1130. The maximum atomic E-state index is 13.4. The van der Waals surface area contributed by atoms with Gasteiger partial charge in [0.05, 0.1) is 13.0 Å². The van der Waals surface area contributed by atoms with Gasteiger partial charge in [-0.1, -0.05) is 44.2 Å². The Hall–Kier alpha value is -4.69. The summed E-state index contributed by atoms with van der Waals surface area (Å²) < 4.78 is 0. The Morgan fingerprint density at radius 2 is 1.59 bits per heavy atom. The van der Waals surface area contributed by atoms with Crippen LogP contribution in [0.1, 0.15) is 38.7 Å². The second-order valence-corrected chi connectivity index (χ2v) is 9.96. The molecule has 4 unspecified atom stereocenters. The molecule has 1 fully saturated rings. The van der Waals surface area contributed by atoms with Gasteiger partial charge < -0.3 is 42.7 Å². The van der Waals surface area contributed by atoms with E-state index in [1.807, 2.05) is 0 Å². The van der Waals surface area contributed by atoms with Gasteiger partial charge in [0.2, 0.25) is 29.5 Å². The molecule has 41 heavy (non-hydrogen) atoms. The first-order valence-corrected chi connectivity index (χ1v) is 13.2. The molecule has 0 bridgehead atoms. The summed E-state index contributed by atoms with van der Waals surface area (Å²) in [5.74, 6) is -5.88. The van der Waals surface area contributed by atoms with Crippen LogP contribution in [0.25, 0.3) is 0 Å². The van der Waals surface area contributed by atoms with Gasteiger partial charge in [0, 0.05) is 13.0 Å². The summed E-state index contributed by atoms with van der Waals surface area (Å²) in [6.07, 6.45) is -0.326. The van der Waals surface area contributed by atoms with Crippen LogP contribution in [0.15, 0.2) is 30.3 Å². The number of carbonyl (C=O) groups is 6. The van der Waals surface area contributed by atoms with E-state index in [1.165, 1.54) is 0 Å². The predicted molar refractivity (Wildman–Crippen MR) is 147 cm³/mol. The minimum atomic E-state index is -1.54. The molecule has 15 nitrogen and oxygen atoms in total. The molecule has 0 aliphatic carbocycles. The van der Waals surface area contributed by atoms with Crippen molar-refractivity contribution in [1.82, 2.24) is 31.9 Å². The highest BCUT2D eigenvalue weighted by Crippen LogP contribution is 2.09. The highest BCUT2D eigenvalue weighted by Gasteiger charge is 2.34. The fraction of sp³-hybridized carbons (Fsp3) is 0.500. The number of guanidine groups is 1. The maximum Gasteiger partial charge on any atom is 0.305 e. The van der Waals surface area contributed by atoms with Gasteiger partial charge in [-0.05, 0) is 24.3 Å². The molecule has 15 heteroatoms. The van der Waals surface area contributed by atoms with Crippen molar-refractivity contribution in [2.24, 2.45) is 11.7 Å². The predicted octanol–water partition coefficient (Wildman–Crippen LogP) is -2.31. The van der Waals surface area contributed by atoms with E-state index in [0.29, 0.717) is 12.0 Å². The fourth-order valence-corrected chi connectivity index (χ4v) is 4.10. The zero-order valence-corrected chi connectivity index (χ0v) is 23.0. The number of hydrogen-bond acceptors (Lipinski definition) is 7. The van der Waals surface area contributed by atoms with Crippen molar-refractivity contribution in [3.63, 3.8) is 0 Å². The third kappa shape index (κ3) is 11.1. The molecule has 1 aliphatic heterocycles. The summed E-state index contributed by atoms with van der Waals surface area (Å²) in [4.78, 5) is 76.8. The van der Waals surface area contributed by atoms with Crippen LogP contribution < -0.4 is 37.6 Å². The summed E-state index contributed by atoms with van der Waals surface area (Å²) in [5.41, 5.74) is 5.97. The van der Waals surface area contributed by atoms with E-state index in [0.717, 1.165) is 0 Å². The van der Waals surface area contributed by atoms with Gasteiger partial charge >= 0.3 is 5.97 Å². The van der Waals surface area contributed by atoms with Crippen molar-refractivity contribution in [2.75, 3.05) is 13.1 Å². The number of benzene rings is 1. The van der Waals surface area contributed by atoms with Gasteiger partial charge in [0.1, 0.15) is 24.2 Å². The van der Waals surface area contributed by atoms with Crippen molar-refractivity contribution >= 4 is 41.5 Å². The Labute approximate surface area is 237 Å². The molecule has 4 atom stereocenters. The van der Waals surface area contributed by atoms with Crippen molar-refractivity contribution < 1.29 is 33.9 Å². The lowest BCUT2D eigenvalue weighted by Gasteiger charge is -2.27. The molecule has 1 saturated heterocycles. The molecule has 1 aromatic carbocycles. The molecule has 0 radical (unpaired) electrons. The molecule has 224 valence electrons. The summed E-state index contributed by atoms with van der Waals surface area (Å²) in [6.45, 7) is 3.03. The zero-order chi connectivity index (χ0) is 30.5. The number of amides is 5. The van der Waals surface area contributed by atoms with Gasteiger partial charge in [0.15, 0.2) is 5.96 Å². The van der Waals surface area contributed by atoms with Crippen molar-refractivity contribution in [3.8, 4) is 0 Å². The van der Waals surface area contributed by atoms with E-state index in [4.69, 9.17) is 11.1 Å². The highest BCUT2D eigenvalue weighted by molar-refractivity contribution is 5.98. The molecule has 1 heterocycles. The van der Waals surface area contributed by atoms with E-state index < -0.39 is 78.6 Å². The fourth-order valence-electron chi connectivity index (χ4n) is 4.10. The third-order valence-electron chi connectivity index (χ3n) is 6.23. The average molecular weight is 575 g/mol. The van der Waals surface area contributed by atoms with Gasteiger partial charge in [-0.25, -0.2) is 0 Å². The number of carboxylic acid groups (broad SMARTS) is 1. The molecular formula is C26H38N8O7. The number of aliphatic carboxylic acids is 1. The Balaban J connectivity index is 2.41. The van der Waals surface area contributed by atoms with Crippen molar-refractivity contribution in [3.05, 3.63) is 35.9 Å². The number of carboxylic acids is 1. The number of nitrogens with two attached hydrogens (primary N) is 1. The first kappa shape index (κ1) is 32.5. The van der Waals surface area contributed by atoms with Gasteiger partial charge in [0.25, 0.3) is 0 Å². The minimum absolute atomic E-state index is 0.0183. The van der Waals surface area contributed by atoms with E-state index in [9.17, 15) is 33.9 Å². The van der Waals surface area contributed by atoms with Crippen molar-refractivity contribution in [2.45, 2.75) is 63.7 Å². The van der Waals surface area contributed by atoms with E-state index in [2.05, 4.69) is 31.9 Å². The smallest absolute Gasteiger partial charge is 0.305 e. The second-order valence-electron chi connectivity index (χ2n) is 9.96. The molecule has 2 rings (SSSR count). The monoisotopic (exact) mass is 574 g/mol. The topological polar surface area (TPSA) is 245 Å². The van der Waals surface area contributed by atoms with Crippen molar-refractivity contribution in [1.29, 1.82) is 5.41 Å². The maximum absolute atomic E-state index is 13.4. The SMILES string of the molecule is CC(C)C1NC(=O)C(Cc2ccccc2)NC(=O)C(CC(=O)O)NC(=O)CNC(=O)C(CCCNC(=N)N)NC1=O. The molecule has 0 saturated carbocycles. The van der Waals surface area contributed by atoms with Crippen LogP contribution in [0.5, 0.6) is 0 Å². The standard InChI is InChI=1S/C26H38N8O7/c1-14(2)21-25(41)32-16(9-6-10-29-26(27)28)22(38)30-13-19(35)31-18(12-20(36)37)23(39)33-17(24(40)34-21)11-15-7-4-3-5-8-15/h3-5,7-8,14,16-18,21H,6,9-13H2,1-2H3,(H,30,38)(H,31,35)(H,32,41)(H,33,39)(H,34,40)(H,36,37)(H4,27,28,29). The molecule has 1 aliphatic rings. The van der Waals surface area contributed by atoms with Crippen LogP contribution >= 0.6 is 0 Å². The Morgan fingerprint density at radius 3 is 2.20 bits per heavy atom. The molecule has 1 aromatic rings. The molecular weight excluding hydrogens is 536 g/mol. The second kappa shape index (κ2) is 15.8. The first-order valence-electron chi connectivity index (χ1n) is 13.2. The van der Waals surface area contributed by atoms with E-state index >= 15 is 0 Å². The lowest BCUT2D eigenvalue weighted by Crippen LogP contribution is -2.59. The Morgan fingerprint density at radius 1 is 0.951 bits per heavy atom. The minimum Gasteiger partial charge on any atom is -0.481 e. The lowest BCUT2D eigenvalue weighted by atomic mass is 10.00. The summed E-state index contributed by atoms with van der Waals surface area (Å²) in [5, 5.41) is 31.6. The summed E-state index contributed by atoms with van der Waals surface area (Å²) in [6, 6.07) is 3.78. The molecule has 10 N–H and O–H groups in total. The lowest BCUT2D eigenvalue weighted by molar-refractivity contribution is -0.141. The van der Waals surface area contributed by atoms with E-state index in [1.54, 1.807) is 44.2 Å². The number of carbonyl (C=O) groups excluding carboxylic acids is 5. The largest absolute Gasteiger partial charge is 0.481 e. The average Bonchev–Trinajstić information content (AvgIpc) is 2.90. The van der Waals surface area contributed by atoms with Crippen LogP contribution in [0.3, 0.4) is 0 Å². The van der Waals surface area contributed by atoms with Gasteiger partial charge in [-0.15, -0.1) is 0 Å². The molecule has 5 amide bonds. The quantitative estimate of drug-likeness (QED) is 0.0872. The zero-order valence-electron chi connectivity index (χ0n) is 23.0. The summed E-state index contributed by atoms with van der Waals surface area (Å²) >= 11 is 0. The van der Waals surface area contributed by atoms with E-state index in [-0.39, 0.29) is 25.3 Å². The van der Waals surface area contributed by atoms with Crippen LogP contribution in [0.2, 0.25) is 0 Å². The van der Waals surface area contributed by atoms with Crippen LogP contribution in [0.4, 0.5) is 0 Å². The number of hydrogen-bond donors (Lipinski definition) is 9. The number of nitrogens with one attached hydrogen (secondary N) is 7. The summed E-state index contributed by atoms with van der Waals surface area (Å²) in [7, 11) is 0.